The molecule has 1 aliphatic heterocycles. The van der Waals surface area contributed by atoms with Gasteiger partial charge in [-0.15, -0.1) is 0 Å². The Morgan fingerprint density at radius 2 is 2.29 bits per heavy atom. The Bertz CT molecular complexity index is 415. The molecule has 1 aromatic carbocycles. The summed E-state index contributed by atoms with van der Waals surface area (Å²) in [7, 11) is 0. The highest BCUT2D eigenvalue weighted by molar-refractivity contribution is 5.40. The maximum absolute atomic E-state index is 5.54. The SMILES string of the molecule is CC(NCC1CC1C)c1ccc2c(c1)CCO2. The fourth-order valence-electron chi connectivity index (χ4n) is 2.61. The highest BCUT2D eigenvalue weighted by atomic mass is 16.5. The molecule has 3 unspecified atom stereocenters. The fourth-order valence-corrected chi connectivity index (χ4v) is 2.61. The van der Waals surface area contributed by atoms with Crippen LogP contribution in [0.15, 0.2) is 18.2 Å². The summed E-state index contributed by atoms with van der Waals surface area (Å²) in [6.07, 6.45) is 2.47. The molecule has 2 aliphatic rings. The Morgan fingerprint density at radius 1 is 1.47 bits per heavy atom. The van der Waals surface area contributed by atoms with E-state index < -0.39 is 0 Å². The lowest BCUT2D eigenvalue weighted by atomic mass is 10.0. The van der Waals surface area contributed by atoms with E-state index in [0.717, 1.165) is 37.2 Å². The monoisotopic (exact) mass is 231 g/mol. The van der Waals surface area contributed by atoms with Crippen molar-refractivity contribution in [1.82, 2.24) is 5.32 Å². The molecule has 1 aromatic rings. The summed E-state index contributed by atoms with van der Waals surface area (Å²) >= 11 is 0. The van der Waals surface area contributed by atoms with Crippen molar-refractivity contribution in [3.05, 3.63) is 29.3 Å². The van der Waals surface area contributed by atoms with Crippen LogP contribution in [0.1, 0.15) is 37.4 Å². The summed E-state index contributed by atoms with van der Waals surface area (Å²) in [6.45, 7) is 6.60. The van der Waals surface area contributed by atoms with Crippen molar-refractivity contribution in [2.45, 2.75) is 32.7 Å². The maximum atomic E-state index is 5.54. The molecule has 92 valence electrons. The van der Waals surface area contributed by atoms with Gasteiger partial charge in [-0.25, -0.2) is 0 Å². The lowest BCUT2D eigenvalue weighted by Crippen LogP contribution is -2.21. The van der Waals surface area contributed by atoms with Crippen molar-refractivity contribution in [2.75, 3.05) is 13.2 Å². The van der Waals surface area contributed by atoms with Gasteiger partial charge in [0.1, 0.15) is 5.75 Å². The molecule has 2 nitrogen and oxygen atoms in total. The van der Waals surface area contributed by atoms with Crippen LogP contribution in [0.2, 0.25) is 0 Å². The third-order valence-corrected chi connectivity index (χ3v) is 4.18. The van der Waals surface area contributed by atoms with E-state index in [1.54, 1.807) is 0 Å². The molecule has 1 fully saturated rings. The third kappa shape index (κ3) is 2.32. The second-order valence-corrected chi connectivity index (χ2v) is 5.57. The smallest absolute Gasteiger partial charge is 0.122 e. The van der Waals surface area contributed by atoms with Gasteiger partial charge < -0.3 is 10.1 Å². The Morgan fingerprint density at radius 3 is 3.06 bits per heavy atom. The summed E-state index contributed by atoms with van der Waals surface area (Å²) in [5.41, 5.74) is 2.76. The first-order chi connectivity index (χ1) is 8.24. The predicted molar refractivity (Wildman–Crippen MR) is 69.3 cm³/mol. The van der Waals surface area contributed by atoms with Gasteiger partial charge in [-0.2, -0.15) is 0 Å². The molecule has 0 spiro atoms. The molecule has 0 radical (unpaired) electrons. The standard InChI is InChI=1S/C15H21NO/c1-10-7-14(10)9-16-11(2)12-3-4-15-13(8-12)5-6-17-15/h3-4,8,10-11,14,16H,5-7,9H2,1-2H3. The molecule has 1 aliphatic carbocycles. The second-order valence-electron chi connectivity index (χ2n) is 5.57. The van der Waals surface area contributed by atoms with Crippen LogP contribution in [0.5, 0.6) is 5.75 Å². The molecule has 1 heterocycles. The molecule has 3 rings (SSSR count). The van der Waals surface area contributed by atoms with E-state index in [2.05, 4.69) is 37.4 Å². The minimum absolute atomic E-state index is 0.452. The van der Waals surface area contributed by atoms with Crippen molar-refractivity contribution in [1.29, 1.82) is 0 Å². The molecule has 1 N–H and O–H groups in total. The number of ether oxygens (including phenoxy) is 1. The van der Waals surface area contributed by atoms with Crippen LogP contribution in [-0.4, -0.2) is 13.2 Å². The number of fused-ring (bicyclic) bond motifs is 1. The van der Waals surface area contributed by atoms with Crippen molar-refractivity contribution in [3.63, 3.8) is 0 Å². The number of hydrogen-bond donors (Lipinski definition) is 1. The first-order valence-corrected chi connectivity index (χ1v) is 6.73. The lowest BCUT2D eigenvalue weighted by molar-refractivity contribution is 0.356. The van der Waals surface area contributed by atoms with E-state index in [4.69, 9.17) is 4.74 Å². The van der Waals surface area contributed by atoms with Crippen LogP contribution < -0.4 is 10.1 Å². The first-order valence-electron chi connectivity index (χ1n) is 6.73. The summed E-state index contributed by atoms with van der Waals surface area (Å²) in [6, 6.07) is 7.07. The largest absolute Gasteiger partial charge is 0.493 e. The summed E-state index contributed by atoms with van der Waals surface area (Å²) in [4.78, 5) is 0. The number of benzene rings is 1. The molecular weight excluding hydrogens is 210 g/mol. The van der Waals surface area contributed by atoms with Gasteiger partial charge in [-0.3, -0.25) is 0 Å². The van der Waals surface area contributed by atoms with E-state index in [1.807, 2.05) is 0 Å². The highest BCUT2D eigenvalue weighted by Crippen LogP contribution is 2.37. The topological polar surface area (TPSA) is 21.3 Å². The van der Waals surface area contributed by atoms with Crippen LogP contribution in [0, 0.1) is 11.8 Å². The third-order valence-electron chi connectivity index (χ3n) is 4.18. The normalized spacial score (nSPS) is 27.4. The zero-order valence-electron chi connectivity index (χ0n) is 10.7. The van der Waals surface area contributed by atoms with Crippen LogP contribution in [-0.2, 0) is 6.42 Å². The van der Waals surface area contributed by atoms with E-state index in [9.17, 15) is 0 Å². The van der Waals surface area contributed by atoms with Crippen molar-refractivity contribution in [3.8, 4) is 5.75 Å². The van der Waals surface area contributed by atoms with Crippen LogP contribution in [0.3, 0.4) is 0 Å². The maximum Gasteiger partial charge on any atom is 0.122 e. The zero-order valence-corrected chi connectivity index (χ0v) is 10.7. The van der Waals surface area contributed by atoms with Crippen LogP contribution >= 0.6 is 0 Å². The van der Waals surface area contributed by atoms with Gasteiger partial charge in [-0.1, -0.05) is 19.1 Å². The lowest BCUT2D eigenvalue weighted by Gasteiger charge is -2.15. The Kier molecular flexibility index (Phi) is 2.83. The van der Waals surface area contributed by atoms with Crippen molar-refractivity contribution >= 4 is 0 Å². The molecule has 1 saturated carbocycles. The number of hydrogen-bond acceptors (Lipinski definition) is 2. The first kappa shape index (κ1) is 11.1. The molecule has 2 heteroatoms. The Balaban J connectivity index is 1.62. The molecule has 0 aromatic heterocycles. The predicted octanol–water partition coefficient (Wildman–Crippen LogP) is 2.93. The van der Waals surface area contributed by atoms with Gasteiger partial charge in [0, 0.05) is 12.5 Å². The van der Waals surface area contributed by atoms with Crippen LogP contribution in [0.25, 0.3) is 0 Å². The summed E-state index contributed by atoms with van der Waals surface area (Å²) in [5, 5.41) is 3.64. The van der Waals surface area contributed by atoms with Gasteiger partial charge >= 0.3 is 0 Å². The minimum atomic E-state index is 0.452. The van der Waals surface area contributed by atoms with Gasteiger partial charge in [0.05, 0.1) is 6.61 Å². The van der Waals surface area contributed by atoms with Gasteiger partial charge in [0.15, 0.2) is 0 Å². The molecule has 3 atom stereocenters. The number of rotatable bonds is 4. The fraction of sp³-hybridized carbons (Fsp3) is 0.600. The van der Waals surface area contributed by atoms with E-state index in [0.29, 0.717) is 6.04 Å². The van der Waals surface area contributed by atoms with Gasteiger partial charge in [0.2, 0.25) is 0 Å². The minimum Gasteiger partial charge on any atom is -0.493 e. The summed E-state index contributed by atoms with van der Waals surface area (Å²) < 4.78 is 5.54. The zero-order chi connectivity index (χ0) is 11.8. The average molecular weight is 231 g/mol. The quantitative estimate of drug-likeness (QED) is 0.860. The molecular formula is C15H21NO. The summed E-state index contributed by atoms with van der Waals surface area (Å²) in [5.74, 6) is 2.93. The highest BCUT2D eigenvalue weighted by Gasteiger charge is 2.32. The molecule has 0 amide bonds. The van der Waals surface area contributed by atoms with Gasteiger partial charge in [0.25, 0.3) is 0 Å². The molecule has 0 saturated heterocycles. The second kappa shape index (κ2) is 4.34. The molecule has 17 heavy (non-hydrogen) atoms. The molecule has 0 bridgehead atoms. The van der Waals surface area contributed by atoms with E-state index >= 15 is 0 Å². The number of nitrogens with one attached hydrogen (secondary N) is 1. The Hall–Kier alpha value is -1.02. The van der Waals surface area contributed by atoms with Gasteiger partial charge in [-0.05, 0) is 48.9 Å². The van der Waals surface area contributed by atoms with Crippen molar-refractivity contribution in [2.24, 2.45) is 11.8 Å². The Labute approximate surface area is 103 Å². The van der Waals surface area contributed by atoms with E-state index in [1.165, 1.54) is 17.5 Å². The van der Waals surface area contributed by atoms with Crippen molar-refractivity contribution < 1.29 is 4.74 Å². The van der Waals surface area contributed by atoms with E-state index in [-0.39, 0.29) is 0 Å². The van der Waals surface area contributed by atoms with Crippen LogP contribution in [0.4, 0.5) is 0 Å². The average Bonchev–Trinajstić information content (AvgIpc) is 2.86.